The summed E-state index contributed by atoms with van der Waals surface area (Å²) in [5.74, 6) is 0.312. The number of nitrogens with one attached hydrogen (secondary N) is 1. The standard InChI is InChI=1S/C21H23ClN4O2/c1-21(2,3)26-10-16(13-4-6-15(22)7-5-13)17-18(23-12-24-19(17)26)25-20(27)14-8-9-28-11-14/h4-7,10,12,14H,8-9,11H2,1-3H3,(H,23,24,25,27). The second-order valence-corrected chi connectivity index (χ2v) is 8.50. The molecule has 1 fully saturated rings. The zero-order chi connectivity index (χ0) is 19.9. The van der Waals surface area contributed by atoms with E-state index in [0.717, 1.165) is 28.6 Å². The first-order valence-corrected chi connectivity index (χ1v) is 9.73. The van der Waals surface area contributed by atoms with Crippen molar-refractivity contribution in [3.8, 4) is 11.1 Å². The molecule has 0 spiro atoms. The number of hydrogen-bond donors (Lipinski definition) is 1. The van der Waals surface area contributed by atoms with E-state index in [9.17, 15) is 4.79 Å². The summed E-state index contributed by atoms with van der Waals surface area (Å²) in [7, 11) is 0. The lowest BCUT2D eigenvalue weighted by Gasteiger charge is -2.21. The lowest BCUT2D eigenvalue weighted by molar-refractivity contribution is -0.119. The Hall–Kier alpha value is -2.44. The molecule has 1 saturated heterocycles. The van der Waals surface area contributed by atoms with Crippen molar-refractivity contribution in [2.75, 3.05) is 18.5 Å². The molecule has 1 N–H and O–H groups in total. The van der Waals surface area contributed by atoms with E-state index in [4.69, 9.17) is 16.3 Å². The molecule has 0 bridgehead atoms. The molecule has 0 saturated carbocycles. The smallest absolute Gasteiger partial charge is 0.231 e. The van der Waals surface area contributed by atoms with Gasteiger partial charge >= 0.3 is 0 Å². The monoisotopic (exact) mass is 398 g/mol. The Bertz CT molecular complexity index is 1020. The summed E-state index contributed by atoms with van der Waals surface area (Å²) in [5.41, 5.74) is 2.55. The normalized spacial score (nSPS) is 17.2. The van der Waals surface area contributed by atoms with E-state index in [2.05, 4.69) is 46.8 Å². The number of anilines is 1. The zero-order valence-electron chi connectivity index (χ0n) is 16.2. The van der Waals surface area contributed by atoms with E-state index >= 15 is 0 Å². The van der Waals surface area contributed by atoms with Gasteiger partial charge in [-0.05, 0) is 44.9 Å². The maximum atomic E-state index is 12.7. The number of carbonyl (C=O) groups excluding carboxylic acids is 1. The van der Waals surface area contributed by atoms with Crippen molar-refractivity contribution in [1.29, 1.82) is 0 Å². The van der Waals surface area contributed by atoms with Gasteiger partial charge in [0.15, 0.2) is 0 Å². The third-order valence-electron chi connectivity index (χ3n) is 5.00. The Morgan fingerprint density at radius 2 is 2.00 bits per heavy atom. The van der Waals surface area contributed by atoms with E-state index in [1.807, 2.05) is 24.3 Å². The van der Waals surface area contributed by atoms with Gasteiger partial charge in [-0.15, -0.1) is 0 Å². The largest absolute Gasteiger partial charge is 0.381 e. The van der Waals surface area contributed by atoms with Gasteiger partial charge < -0.3 is 14.6 Å². The Kier molecular flexibility index (Phi) is 4.85. The molecule has 1 aromatic carbocycles. The number of nitrogens with zero attached hydrogens (tertiary/aromatic N) is 3. The zero-order valence-corrected chi connectivity index (χ0v) is 17.0. The summed E-state index contributed by atoms with van der Waals surface area (Å²) in [6, 6.07) is 7.64. The van der Waals surface area contributed by atoms with Crippen LogP contribution in [0.4, 0.5) is 5.82 Å². The molecule has 146 valence electrons. The number of ether oxygens (including phenoxy) is 1. The van der Waals surface area contributed by atoms with E-state index in [1.165, 1.54) is 6.33 Å². The minimum absolute atomic E-state index is 0.0666. The van der Waals surface area contributed by atoms with Crippen LogP contribution in [0.5, 0.6) is 0 Å². The first kappa shape index (κ1) is 18.9. The Balaban J connectivity index is 1.87. The predicted molar refractivity (Wildman–Crippen MR) is 111 cm³/mol. The van der Waals surface area contributed by atoms with Crippen LogP contribution >= 0.6 is 11.6 Å². The van der Waals surface area contributed by atoms with Gasteiger partial charge in [0.2, 0.25) is 5.91 Å². The van der Waals surface area contributed by atoms with E-state index in [1.54, 1.807) is 0 Å². The van der Waals surface area contributed by atoms with Gasteiger partial charge in [0.1, 0.15) is 17.8 Å². The molecule has 3 heterocycles. The van der Waals surface area contributed by atoms with Crippen LogP contribution in [0.2, 0.25) is 5.02 Å². The van der Waals surface area contributed by atoms with E-state index in [-0.39, 0.29) is 17.4 Å². The molecule has 2 aromatic heterocycles. The Morgan fingerprint density at radius 3 is 2.64 bits per heavy atom. The van der Waals surface area contributed by atoms with Crippen molar-refractivity contribution in [3.63, 3.8) is 0 Å². The lowest BCUT2D eigenvalue weighted by atomic mass is 10.1. The fraction of sp³-hybridized carbons (Fsp3) is 0.381. The SMILES string of the molecule is CC(C)(C)n1cc(-c2ccc(Cl)cc2)c2c(NC(=O)C3CCOC3)ncnc21. The molecule has 7 heteroatoms. The highest BCUT2D eigenvalue weighted by Gasteiger charge is 2.27. The first-order valence-electron chi connectivity index (χ1n) is 9.35. The fourth-order valence-electron chi connectivity index (χ4n) is 3.48. The minimum atomic E-state index is -0.183. The Morgan fingerprint density at radius 1 is 1.25 bits per heavy atom. The van der Waals surface area contributed by atoms with Crippen molar-refractivity contribution in [2.24, 2.45) is 5.92 Å². The molecule has 1 aliphatic rings. The highest BCUT2D eigenvalue weighted by Crippen LogP contribution is 2.37. The van der Waals surface area contributed by atoms with Crippen LogP contribution in [0.1, 0.15) is 27.2 Å². The van der Waals surface area contributed by atoms with Gasteiger partial charge in [-0.25, -0.2) is 9.97 Å². The number of aromatic nitrogens is 3. The minimum Gasteiger partial charge on any atom is -0.381 e. The lowest BCUT2D eigenvalue weighted by Crippen LogP contribution is -2.24. The third-order valence-corrected chi connectivity index (χ3v) is 5.25. The van der Waals surface area contributed by atoms with Crippen molar-refractivity contribution in [1.82, 2.24) is 14.5 Å². The molecule has 1 aliphatic heterocycles. The molecule has 6 nitrogen and oxygen atoms in total. The van der Waals surface area contributed by atoms with Crippen LogP contribution in [0.15, 0.2) is 36.8 Å². The number of benzene rings is 1. The van der Waals surface area contributed by atoms with Crippen molar-refractivity contribution in [2.45, 2.75) is 32.7 Å². The summed E-state index contributed by atoms with van der Waals surface area (Å²) in [6.07, 6.45) is 4.29. The van der Waals surface area contributed by atoms with E-state index in [0.29, 0.717) is 24.1 Å². The second-order valence-electron chi connectivity index (χ2n) is 8.06. The van der Waals surface area contributed by atoms with Crippen LogP contribution in [0.3, 0.4) is 0 Å². The molecule has 4 rings (SSSR count). The van der Waals surface area contributed by atoms with Gasteiger partial charge in [0, 0.05) is 28.9 Å². The summed E-state index contributed by atoms with van der Waals surface area (Å²) >= 11 is 6.07. The number of carbonyl (C=O) groups is 1. The number of hydrogen-bond acceptors (Lipinski definition) is 4. The summed E-state index contributed by atoms with van der Waals surface area (Å²) in [6.45, 7) is 7.43. The topological polar surface area (TPSA) is 69.0 Å². The molecular formula is C21H23ClN4O2. The van der Waals surface area contributed by atoms with Gasteiger partial charge in [-0.2, -0.15) is 0 Å². The van der Waals surface area contributed by atoms with Crippen molar-refractivity contribution >= 4 is 34.4 Å². The van der Waals surface area contributed by atoms with Gasteiger partial charge in [0.25, 0.3) is 0 Å². The first-order chi connectivity index (χ1) is 13.3. The quantitative estimate of drug-likeness (QED) is 0.706. The van der Waals surface area contributed by atoms with Gasteiger partial charge in [-0.1, -0.05) is 23.7 Å². The summed E-state index contributed by atoms with van der Waals surface area (Å²) < 4.78 is 7.46. The third kappa shape index (κ3) is 3.50. The average Bonchev–Trinajstić information content (AvgIpc) is 3.30. The summed E-state index contributed by atoms with van der Waals surface area (Å²) in [5, 5.41) is 4.50. The molecule has 3 aromatic rings. The highest BCUT2D eigenvalue weighted by molar-refractivity contribution is 6.30. The number of amides is 1. The molecule has 1 unspecified atom stereocenters. The predicted octanol–water partition coefficient (Wildman–Crippen LogP) is 4.48. The molecule has 28 heavy (non-hydrogen) atoms. The van der Waals surface area contributed by atoms with Crippen LogP contribution in [-0.4, -0.2) is 33.7 Å². The number of halogens is 1. The van der Waals surface area contributed by atoms with Crippen LogP contribution in [0, 0.1) is 5.92 Å². The van der Waals surface area contributed by atoms with Crippen LogP contribution in [-0.2, 0) is 15.1 Å². The highest BCUT2D eigenvalue weighted by atomic mass is 35.5. The van der Waals surface area contributed by atoms with Crippen molar-refractivity contribution in [3.05, 3.63) is 41.8 Å². The molecule has 1 amide bonds. The second kappa shape index (κ2) is 7.18. The fourth-order valence-corrected chi connectivity index (χ4v) is 3.60. The molecule has 0 radical (unpaired) electrons. The molecule has 1 atom stereocenters. The van der Waals surface area contributed by atoms with Gasteiger partial charge in [0.05, 0.1) is 17.9 Å². The number of fused-ring (bicyclic) bond motifs is 1. The summed E-state index contributed by atoms with van der Waals surface area (Å²) in [4.78, 5) is 21.6. The Labute approximate surface area is 168 Å². The molecular weight excluding hydrogens is 376 g/mol. The maximum Gasteiger partial charge on any atom is 0.231 e. The van der Waals surface area contributed by atoms with Crippen molar-refractivity contribution < 1.29 is 9.53 Å². The van der Waals surface area contributed by atoms with Crippen LogP contribution in [0.25, 0.3) is 22.2 Å². The number of rotatable bonds is 3. The van der Waals surface area contributed by atoms with E-state index < -0.39 is 0 Å². The van der Waals surface area contributed by atoms with Gasteiger partial charge in [-0.3, -0.25) is 4.79 Å². The van der Waals surface area contributed by atoms with Crippen LogP contribution < -0.4 is 5.32 Å². The molecule has 0 aliphatic carbocycles. The average molecular weight is 399 g/mol. The maximum absolute atomic E-state index is 12.7.